The van der Waals surface area contributed by atoms with Gasteiger partial charge in [0, 0.05) is 24.7 Å². The maximum absolute atomic E-state index is 12.6. The molecule has 0 aliphatic carbocycles. The molecule has 7 nitrogen and oxygen atoms in total. The van der Waals surface area contributed by atoms with Gasteiger partial charge in [0.1, 0.15) is 17.5 Å². The van der Waals surface area contributed by atoms with Crippen LogP contribution in [0.4, 0.5) is 13.6 Å². The average Bonchev–Trinajstić information content (AvgIpc) is 2.83. The van der Waals surface area contributed by atoms with Crippen molar-refractivity contribution in [2.24, 2.45) is 0 Å². The first-order valence-electron chi connectivity index (χ1n) is 8.17. The third-order valence-electron chi connectivity index (χ3n) is 3.78. The molecule has 26 heavy (non-hydrogen) atoms. The molecular formula is C17H22F2N2O5. The molecule has 1 fully saturated rings. The van der Waals surface area contributed by atoms with Crippen molar-refractivity contribution in [2.45, 2.75) is 45.6 Å². The molecule has 2 rings (SSSR count). The molecular weight excluding hydrogens is 350 g/mol. The molecule has 1 aromatic carbocycles. The molecule has 0 unspecified atom stereocenters. The van der Waals surface area contributed by atoms with E-state index in [1.165, 1.54) is 19.2 Å². The Labute approximate surface area is 150 Å². The minimum Gasteiger partial charge on any atom is -0.497 e. The second kappa shape index (κ2) is 8.79. The lowest BCUT2D eigenvalue weighted by atomic mass is 10.1. The lowest BCUT2D eigenvalue weighted by Gasteiger charge is -2.17. The first kappa shape index (κ1) is 19.9. The van der Waals surface area contributed by atoms with E-state index in [4.69, 9.17) is 9.47 Å². The molecule has 1 aliphatic heterocycles. The van der Waals surface area contributed by atoms with E-state index < -0.39 is 24.6 Å². The standard InChI is InChI=1S/C17H22F2N2O5/c1-10(2)25-7-6-13-15(22)21(17(23)20-13)9-11-4-5-12(24-3)8-14(11)26-16(18)19/h4-5,8,10,13,16H,6-7,9H2,1-3H3,(H,20,23)/t13-/m1/s1. The Morgan fingerprint density at radius 2 is 2.00 bits per heavy atom. The summed E-state index contributed by atoms with van der Waals surface area (Å²) in [6, 6.07) is 3.03. The minimum atomic E-state index is -3.04. The summed E-state index contributed by atoms with van der Waals surface area (Å²) in [6.07, 6.45) is 0.356. The summed E-state index contributed by atoms with van der Waals surface area (Å²) in [6.45, 7) is 0.846. The van der Waals surface area contributed by atoms with Gasteiger partial charge in [-0.1, -0.05) is 0 Å². The topological polar surface area (TPSA) is 77.1 Å². The highest BCUT2D eigenvalue weighted by Gasteiger charge is 2.38. The van der Waals surface area contributed by atoms with Crippen molar-refractivity contribution in [3.05, 3.63) is 23.8 Å². The van der Waals surface area contributed by atoms with Gasteiger partial charge in [-0.2, -0.15) is 8.78 Å². The Kier molecular flexibility index (Phi) is 6.73. The number of ether oxygens (including phenoxy) is 3. The van der Waals surface area contributed by atoms with Gasteiger partial charge in [-0.3, -0.25) is 9.69 Å². The largest absolute Gasteiger partial charge is 0.497 e. The van der Waals surface area contributed by atoms with Crippen LogP contribution in [0.5, 0.6) is 11.5 Å². The maximum atomic E-state index is 12.6. The number of carbonyl (C=O) groups is 2. The van der Waals surface area contributed by atoms with Crippen molar-refractivity contribution < 1.29 is 32.6 Å². The van der Waals surface area contributed by atoms with E-state index in [1.807, 2.05) is 13.8 Å². The van der Waals surface area contributed by atoms with Crippen molar-refractivity contribution >= 4 is 11.9 Å². The number of alkyl halides is 2. The third kappa shape index (κ3) is 5.04. The quantitative estimate of drug-likeness (QED) is 0.674. The van der Waals surface area contributed by atoms with E-state index in [2.05, 4.69) is 10.1 Å². The molecule has 1 heterocycles. The Balaban J connectivity index is 2.09. The van der Waals surface area contributed by atoms with E-state index in [9.17, 15) is 18.4 Å². The van der Waals surface area contributed by atoms with E-state index in [-0.39, 0.29) is 24.0 Å². The van der Waals surface area contributed by atoms with Gasteiger partial charge in [-0.05, 0) is 26.0 Å². The van der Waals surface area contributed by atoms with Crippen molar-refractivity contribution in [2.75, 3.05) is 13.7 Å². The van der Waals surface area contributed by atoms with Gasteiger partial charge in [0.15, 0.2) is 0 Å². The fourth-order valence-corrected chi connectivity index (χ4v) is 2.51. The zero-order chi connectivity index (χ0) is 19.3. The van der Waals surface area contributed by atoms with Crippen molar-refractivity contribution in [3.8, 4) is 11.5 Å². The predicted octanol–water partition coefficient (Wildman–Crippen LogP) is 2.53. The normalized spacial score (nSPS) is 17.2. The van der Waals surface area contributed by atoms with Gasteiger partial charge in [-0.25, -0.2) is 4.79 Å². The number of rotatable bonds is 9. The SMILES string of the molecule is COc1ccc(CN2C(=O)N[C@H](CCOC(C)C)C2=O)c(OC(F)F)c1. The second-order valence-electron chi connectivity index (χ2n) is 5.99. The van der Waals surface area contributed by atoms with Crippen molar-refractivity contribution in [3.63, 3.8) is 0 Å². The number of nitrogens with one attached hydrogen (secondary N) is 1. The lowest BCUT2D eigenvalue weighted by molar-refractivity contribution is -0.128. The molecule has 144 valence electrons. The molecule has 1 atom stereocenters. The van der Waals surface area contributed by atoms with E-state index >= 15 is 0 Å². The first-order chi connectivity index (χ1) is 12.3. The molecule has 0 bridgehead atoms. The summed E-state index contributed by atoms with van der Waals surface area (Å²) in [4.78, 5) is 25.5. The van der Waals surface area contributed by atoms with Crippen LogP contribution in [0.25, 0.3) is 0 Å². The van der Waals surface area contributed by atoms with Crippen LogP contribution in [-0.2, 0) is 16.1 Å². The summed E-state index contributed by atoms with van der Waals surface area (Å²) in [5.41, 5.74) is 0.272. The summed E-state index contributed by atoms with van der Waals surface area (Å²) in [7, 11) is 1.39. The molecule has 0 radical (unpaired) electrons. The summed E-state index contributed by atoms with van der Waals surface area (Å²) < 4.78 is 40.1. The van der Waals surface area contributed by atoms with Gasteiger partial charge in [-0.15, -0.1) is 0 Å². The van der Waals surface area contributed by atoms with Crippen LogP contribution >= 0.6 is 0 Å². The Bertz CT molecular complexity index is 654. The highest BCUT2D eigenvalue weighted by Crippen LogP contribution is 2.28. The molecule has 0 spiro atoms. The molecule has 1 aromatic rings. The predicted molar refractivity (Wildman–Crippen MR) is 88.2 cm³/mol. The zero-order valence-electron chi connectivity index (χ0n) is 14.8. The van der Waals surface area contributed by atoms with Gasteiger partial charge >= 0.3 is 12.6 Å². The summed E-state index contributed by atoms with van der Waals surface area (Å²) >= 11 is 0. The summed E-state index contributed by atoms with van der Waals surface area (Å²) in [5.74, 6) is -0.252. The molecule has 1 N–H and O–H groups in total. The molecule has 0 saturated carbocycles. The average molecular weight is 372 g/mol. The van der Waals surface area contributed by atoms with Crippen LogP contribution in [-0.4, -0.2) is 49.3 Å². The number of amides is 3. The molecule has 1 aliphatic rings. The third-order valence-corrected chi connectivity index (χ3v) is 3.78. The molecule has 9 heteroatoms. The van der Waals surface area contributed by atoms with Crippen LogP contribution in [0.15, 0.2) is 18.2 Å². The fourth-order valence-electron chi connectivity index (χ4n) is 2.51. The van der Waals surface area contributed by atoms with E-state index in [1.54, 1.807) is 6.07 Å². The highest BCUT2D eigenvalue weighted by molar-refractivity contribution is 6.04. The second-order valence-corrected chi connectivity index (χ2v) is 5.99. The molecule has 0 aromatic heterocycles. The van der Waals surface area contributed by atoms with Gasteiger partial charge < -0.3 is 19.5 Å². The summed E-state index contributed by atoms with van der Waals surface area (Å²) in [5, 5.41) is 2.57. The van der Waals surface area contributed by atoms with Gasteiger partial charge in [0.2, 0.25) is 0 Å². The number of hydrogen-bond acceptors (Lipinski definition) is 5. The Hall–Kier alpha value is -2.42. The van der Waals surface area contributed by atoms with Crippen molar-refractivity contribution in [1.29, 1.82) is 0 Å². The number of hydrogen-bond donors (Lipinski definition) is 1. The lowest BCUT2D eigenvalue weighted by Crippen LogP contribution is -2.32. The fraction of sp³-hybridized carbons (Fsp3) is 0.529. The Morgan fingerprint density at radius 1 is 1.27 bits per heavy atom. The number of methoxy groups -OCH3 is 1. The monoisotopic (exact) mass is 372 g/mol. The maximum Gasteiger partial charge on any atom is 0.387 e. The highest BCUT2D eigenvalue weighted by atomic mass is 19.3. The first-order valence-corrected chi connectivity index (χ1v) is 8.17. The van der Waals surface area contributed by atoms with Crippen LogP contribution in [0.3, 0.4) is 0 Å². The van der Waals surface area contributed by atoms with Gasteiger partial charge in [0.25, 0.3) is 5.91 Å². The van der Waals surface area contributed by atoms with Crippen LogP contribution in [0, 0.1) is 0 Å². The smallest absolute Gasteiger partial charge is 0.387 e. The van der Waals surface area contributed by atoms with Crippen molar-refractivity contribution in [1.82, 2.24) is 10.2 Å². The van der Waals surface area contributed by atoms with Gasteiger partial charge in [0.05, 0.1) is 19.8 Å². The van der Waals surface area contributed by atoms with E-state index in [0.29, 0.717) is 18.8 Å². The van der Waals surface area contributed by atoms with Crippen LogP contribution < -0.4 is 14.8 Å². The number of nitrogens with zero attached hydrogens (tertiary/aromatic N) is 1. The zero-order valence-corrected chi connectivity index (χ0v) is 14.8. The molecule has 1 saturated heterocycles. The van der Waals surface area contributed by atoms with E-state index in [0.717, 1.165) is 4.90 Å². The number of benzene rings is 1. The number of urea groups is 1. The van der Waals surface area contributed by atoms with Crippen LogP contribution in [0.2, 0.25) is 0 Å². The number of imide groups is 1. The number of carbonyl (C=O) groups excluding carboxylic acids is 2. The Morgan fingerprint density at radius 3 is 2.62 bits per heavy atom. The molecule has 3 amide bonds. The van der Waals surface area contributed by atoms with Crippen LogP contribution in [0.1, 0.15) is 25.8 Å². The minimum absolute atomic E-state index is 0.0201. The number of halogens is 2.